The lowest BCUT2D eigenvalue weighted by molar-refractivity contribution is 0.0886. The maximum absolute atomic E-state index is 12.3. The number of aromatic nitrogens is 3. The summed E-state index contributed by atoms with van der Waals surface area (Å²) in [5.41, 5.74) is 1.60. The molecule has 0 aliphatic heterocycles. The summed E-state index contributed by atoms with van der Waals surface area (Å²) in [6.45, 7) is 2.27. The predicted molar refractivity (Wildman–Crippen MR) is 108 cm³/mol. The van der Waals surface area contributed by atoms with E-state index in [9.17, 15) is 4.79 Å². The molecule has 0 N–H and O–H groups in total. The monoisotopic (exact) mass is 357 g/mol. The lowest BCUT2D eigenvalue weighted by Crippen LogP contribution is -2.12. The van der Waals surface area contributed by atoms with Gasteiger partial charge in [0.25, 0.3) is 0 Å². The molecule has 0 unspecified atom stereocenters. The minimum Gasteiger partial charge on any atom is -0.273 e. The first-order valence-electron chi connectivity index (χ1n) is 10.7. The molecule has 2 aromatic rings. The molecule has 0 spiro atoms. The highest BCUT2D eigenvalue weighted by molar-refractivity contribution is 5.88. The van der Waals surface area contributed by atoms with Crippen molar-refractivity contribution in [2.24, 2.45) is 0 Å². The summed E-state index contributed by atoms with van der Waals surface area (Å²) in [6, 6.07) is 7.62. The van der Waals surface area contributed by atoms with E-state index in [-0.39, 0.29) is 5.91 Å². The van der Waals surface area contributed by atoms with E-state index in [0.29, 0.717) is 6.42 Å². The number of rotatable bonds is 14. The van der Waals surface area contributed by atoms with E-state index in [1.165, 1.54) is 75.3 Å². The van der Waals surface area contributed by atoms with Crippen molar-refractivity contribution >= 4 is 16.9 Å². The third-order valence-corrected chi connectivity index (χ3v) is 5.08. The van der Waals surface area contributed by atoms with Gasteiger partial charge in [0.2, 0.25) is 5.91 Å². The SMILES string of the molecule is CCCCCCCCCCCCCCCC(=O)n1nnc2ccccc21. The molecular weight excluding hydrogens is 322 g/mol. The summed E-state index contributed by atoms with van der Waals surface area (Å²) < 4.78 is 1.45. The highest BCUT2D eigenvalue weighted by Crippen LogP contribution is 2.14. The molecule has 0 atom stereocenters. The predicted octanol–water partition coefficient (Wildman–Crippen LogP) is 6.55. The number of para-hydroxylation sites is 1. The molecule has 1 heterocycles. The van der Waals surface area contributed by atoms with Crippen LogP contribution in [0.4, 0.5) is 0 Å². The van der Waals surface area contributed by atoms with Crippen LogP contribution in [0.1, 0.15) is 102 Å². The first-order chi connectivity index (χ1) is 12.8. The summed E-state index contributed by atoms with van der Waals surface area (Å²) in [5, 5.41) is 8.04. The van der Waals surface area contributed by atoms with Crippen LogP contribution in [-0.2, 0) is 0 Å². The quantitative estimate of drug-likeness (QED) is 0.360. The Morgan fingerprint density at radius 1 is 0.808 bits per heavy atom. The smallest absolute Gasteiger partial charge is 0.248 e. The first-order valence-corrected chi connectivity index (χ1v) is 10.7. The highest BCUT2D eigenvalue weighted by atomic mass is 16.2. The third-order valence-electron chi connectivity index (χ3n) is 5.08. The van der Waals surface area contributed by atoms with Crippen molar-refractivity contribution in [2.45, 2.75) is 96.8 Å². The molecule has 0 aliphatic carbocycles. The molecule has 26 heavy (non-hydrogen) atoms. The second-order valence-electron chi connectivity index (χ2n) is 7.38. The Bertz CT molecular complexity index is 635. The topological polar surface area (TPSA) is 47.8 Å². The van der Waals surface area contributed by atoms with Crippen molar-refractivity contribution in [1.82, 2.24) is 15.0 Å². The van der Waals surface area contributed by atoms with Crippen molar-refractivity contribution < 1.29 is 4.79 Å². The molecule has 0 saturated carbocycles. The average Bonchev–Trinajstić information content (AvgIpc) is 3.09. The Balaban J connectivity index is 1.45. The van der Waals surface area contributed by atoms with Gasteiger partial charge in [-0.15, -0.1) is 5.10 Å². The van der Waals surface area contributed by atoms with Gasteiger partial charge in [-0.2, -0.15) is 4.68 Å². The van der Waals surface area contributed by atoms with Crippen molar-refractivity contribution in [3.8, 4) is 0 Å². The molecule has 0 saturated heterocycles. The molecule has 1 aromatic carbocycles. The Kier molecular flexibility index (Phi) is 9.99. The molecule has 0 bridgehead atoms. The van der Waals surface area contributed by atoms with Gasteiger partial charge < -0.3 is 0 Å². The molecule has 144 valence electrons. The van der Waals surface area contributed by atoms with E-state index in [1.807, 2.05) is 24.3 Å². The molecule has 0 amide bonds. The highest BCUT2D eigenvalue weighted by Gasteiger charge is 2.10. The fourth-order valence-corrected chi connectivity index (χ4v) is 3.45. The van der Waals surface area contributed by atoms with Gasteiger partial charge in [-0.1, -0.05) is 101 Å². The zero-order chi connectivity index (χ0) is 18.5. The summed E-state index contributed by atoms with van der Waals surface area (Å²) in [7, 11) is 0. The van der Waals surface area contributed by atoms with E-state index < -0.39 is 0 Å². The molecule has 2 rings (SSSR count). The molecule has 0 fully saturated rings. The maximum atomic E-state index is 12.3. The Labute approximate surface area is 158 Å². The Hall–Kier alpha value is -1.71. The van der Waals surface area contributed by atoms with E-state index >= 15 is 0 Å². The molecule has 0 radical (unpaired) electrons. The van der Waals surface area contributed by atoms with Gasteiger partial charge in [-0.05, 0) is 18.6 Å². The summed E-state index contributed by atoms with van der Waals surface area (Å²) in [5.74, 6) is 0.0572. The Morgan fingerprint density at radius 3 is 1.96 bits per heavy atom. The molecule has 4 nitrogen and oxygen atoms in total. The first kappa shape index (κ1) is 20.6. The van der Waals surface area contributed by atoms with Crippen LogP contribution in [0.3, 0.4) is 0 Å². The van der Waals surface area contributed by atoms with Crippen LogP contribution in [-0.4, -0.2) is 20.9 Å². The molecule has 4 heteroatoms. The minimum absolute atomic E-state index is 0.0572. The number of nitrogens with zero attached hydrogens (tertiary/aromatic N) is 3. The van der Waals surface area contributed by atoms with Gasteiger partial charge in [-0.3, -0.25) is 4.79 Å². The van der Waals surface area contributed by atoms with Gasteiger partial charge in [0.15, 0.2) is 0 Å². The second-order valence-corrected chi connectivity index (χ2v) is 7.38. The van der Waals surface area contributed by atoms with Gasteiger partial charge in [-0.25, -0.2) is 0 Å². The van der Waals surface area contributed by atoms with Crippen molar-refractivity contribution in [3.63, 3.8) is 0 Å². The average molecular weight is 358 g/mol. The van der Waals surface area contributed by atoms with Crippen LogP contribution in [0.2, 0.25) is 0 Å². The number of hydrogen-bond acceptors (Lipinski definition) is 3. The largest absolute Gasteiger partial charge is 0.273 e. The van der Waals surface area contributed by atoms with E-state index in [0.717, 1.165) is 23.9 Å². The second kappa shape index (κ2) is 12.6. The van der Waals surface area contributed by atoms with E-state index in [1.54, 1.807) is 0 Å². The van der Waals surface area contributed by atoms with Gasteiger partial charge in [0.1, 0.15) is 5.52 Å². The van der Waals surface area contributed by atoms with E-state index in [4.69, 9.17) is 0 Å². The summed E-state index contributed by atoms with van der Waals surface area (Å²) >= 11 is 0. The maximum Gasteiger partial charge on any atom is 0.248 e. The number of hydrogen-bond donors (Lipinski definition) is 0. The number of unbranched alkanes of at least 4 members (excludes halogenated alkanes) is 12. The number of carbonyl (C=O) groups excluding carboxylic acids is 1. The van der Waals surface area contributed by atoms with Gasteiger partial charge >= 0.3 is 0 Å². The third kappa shape index (κ3) is 7.27. The van der Waals surface area contributed by atoms with Crippen LogP contribution in [0.5, 0.6) is 0 Å². The minimum atomic E-state index is 0.0572. The van der Waals surface area contributed by atoms with Crippen LogP contribution >= 0.6 is 0 Å². The zero-order valence-electron chi connectivity index (χ0n) is 16.5. The molecule has 1 aromatic heterocycles. The van der Waals surface area contributed by atoms with Gasteiger partial charge in [0, 0.05) is 6.42 Å². The fraction of sp³-hybridized carbons (Fsp3) is 0.682. The number of benzene rings is 1. The number of fused-ring (bicyclic) bond motifs is 1. The van der Waals surface area contributed by atoms with Crippen molar-refractivity contribution in [3.05, 3.63) is 24.3 Å². The molecule has 0 aliphatic rings. The number of carbonyl (C=O) groups is 1. The van der Waals surface area contributed by atoms with Crippen LogP contribution in [0.15, 0.2) is 24.3 Å². The lowest BCUT2D eigenvalue weighted by Gasteiger charge is -2.03. The molecular formula is C22H35N3O. The van der Waals surface area contributed by atoms with Crippen molar-refractivity contribution in [1.29, 1.82) is 0 Å². The van der Waals surface area contributed by atoms with Crippen LogP contribution < -0.4 is 0 Å². The van der Waals surface area contributed by atoms with Crippen LogP contribution in [0.25, 0.3) is 11.0 Å². The lowest BCUT2D eigenvalue weighted by atomic mass is 10.0. The normalized spacial score (nSPS) is 11.3. The van der Waals surface area contributed by atoms with Crippen molar-refractivity contribution in [2.75, 3.05) is 0 Å². The van der Waals surface area contributed by atoms with Gasteiger partial charge in [0.05, 0.1) is 5.52 Å². The fourth-order valence-electron chi connectivity index (χ4n) is 3.45. The summed E-state index contributed by atoms with van der Waals surface area (Å²) in [6.07, 6.45) is 17.7. The standard InChI is InChI=1S/C22H35N3O/c1-2-3-4-5-6-7-8-9-10-11-12-13-14-19-22(26)25-21-18-16-15-17-20(21)23-24-25/h15-18H,2-14,19H2,1H3. The zero-order valence-corrected chi connectivity index (χ0v) is 16.5. The summed E-state index contributed by atoms with van der Waals surface area (Å²) in [4.78, 5) is 12.3. The van der Waals surface area contributed by atoms with Crippen LogP contribution in [0, 0.1) is 0 Å². The van der Waals surface area contributed by atoms with E-state index in [2.05, 4.69) is 17.2 Å². The Morgan fingerprint density at radius 2 is 1.35 bits per heavy atom.